The molecule has 7 heteroatoms. The Hall–Kier alpha value is -1.14. The van der Waals surface area contributed by atoms with E-state index in [1.807, 2.05) is 14.0 Å². The Bertz CT molecular complexity index is 463. The van der Waals surface area contributed by atoms with E-state index in [9.17, 15) is 0 Å². The van der Waals surface area contributed by atoms with Gasteiger partial charge in [-0.3, -0.25) is 4.68 Å². The van der Waals surface area contributed by atoms with Crippen molar-refractivity contribution >= 4 is 28.1 Å². The van der Waals surface area contributed by atoms with Crippen LogP contribution in [0.1, 0.15) is 6.92 Å². The predicted molar refractivity (Wildman–Crippen MR) is 61.3 cm³/mol. The molecule has 2 heterocycles. The summed E-state index contributed by atoms with van der Waals surface area (Å²) in [5.41, 5.74) is 0.681. The Balaban J connectivity index is 2.32. The number of nitrogens with one attached hydrogen (secondary N) is 1. The number of anilines is 1. The molecule has 0 unspecified atom stereocenters. The van der Waals surface area contributed by atoms with E-state index in [-0.39, 0.29) is 0 Å². The maximum Gasteiger partial charge on any atom is 0.206 e. The molecule has 0 amide bonds. The summed E-state index contributed by atoms with van der Waals surface area (Å²) in [4.78, 5) is 0. The predicted octanol–water partition coefficient (Wildman–Crippen LogP) is 2.02. The summed E-state index contributed by atoms with van der Waals surface area (Å²) in [5, 5.41) is 17.4. The van der Waals surface area contributed by atoms with E-state index < -0.39 is 0 Å². The number of hydrogen-bond donors (Lipinski definition) is 1. The second-order valence-corrected chi connectivity index (χ2v) is 4.33. The van der Waals surface area contributed by atoms with Crippen LogP contribution in [0.25, 0.3) is 10.7 Å². The maximum atomic E-state index is 6.00. The topological polar surface area (TPSA) is 55.6 Å². The largest absolute Gasteiger partial charge is 0.360 e. The summed E-state index contributed by atoms with van der Waals surface area (Å²) in [5.74, 6) is 0. The van der Waals surface area contributed by atoms with E-state index in [0.717, 1.165) is 16.7 Å². The Kier molecular flexibility index (Phi) is 2.88. The maximum absolute atomic E-state index is 6.00. The molecule has 0 aliphatic carbocycles. The van der Waals surface area contributed by atoms with Gasteiger partial charge < -0.3 is 5.32 Å². The standard InChI is InChI=1S/C8H10ClN5S/c1-3-10-8-12-11-7(15-8)6-5(9)4-14(2)13-6/h4H,3H2,1-2H3,(H,10,12). The first-order valence-corrected chi connectivity index (χ1v) is 5.67. The van der Waals surface area contributed by atoms with Gasteiger partial charge in [-0.15, -0.1) is 10.2 Å². The lowest BCUT2D eigenvalue weighted by atomic mass is 10.5. The Morgan fingerprint density at radius 1 is 1.53 bits per heavy atom. The van der Waals surface area contributed by atoms with Gasteiger partial charge in [0.25, 0.3) is 0 Å². The van der Waals surface area contributed by atoms with Gasteiger partial charge in [-0.1, -0.05) is 22.9 Å². The van der Waals surface area contributed by atoms with Crippen molar-refractivity contribution in [3.63, 3.8) is 0 Å². The van der Waals surface area contributed by atoms with Gasteiger partial charge >= 0.3 is 0 Å². The van der Waals surface area contributed by atoms with Crippen molar-refractivity contribution < 1.29 is 0 Å². The van der Waals surface area contributed by atoms with Crippen LogP contribution in [0.2, 0.25) is 5.02 Å². The number of halogens is 1. The van der Waals surface area contributed by atoms with Gasteiger partial charge in [0.05, 0.1) is 5.02 Å². The summed E-state index contributed by atoms with van der Waals surface area (Å²) in [6, 6.07) is 0. The fourth-order valence-corrected chi connectivity index (χ4v) is 2.28. The van der Waals surface area contributed by atoms with Crippen LogP contribution in [0.4, 0.5) is 5.13 Å². The molecule has 0 bridgehead atoms. The van der Waals surface area contributed by atoms with Crippen molar-refractivity contribution in [2.45, 2.75) is 6.92 Å². The lowest BCUT2D eigenvalue weighted by Gasteiger charge is -1.91. The summed E-state index contributed by atoms with van der Waals surface area (Å²) < 4.78 is 1.66. The van der Waals surface area contributed by atoms with E-state index in [2.05, 4.69) is 20.6 Å². The number of aryl methyl sites for hydroxylation is 1. The first kappa shape index (κ1) is 10.4. The van der Waals surface area contributed by atoms with Crippen LogP contribution in [-0.4, -0.2) is 26.5 Å². The van der Waals surface area contributed by atoms with Crippen LogP contribution in [0.15, 0.2) is 6.20 Å². The molecule has 0 saturated heterocycles. The van der Waals surface area contributed by atoms with Crippen molar-refractivity contribution in [2.24, 2.45) is 7.05 Å². The average molecular weight is 244 g/mol. The highest BCUT2D eigenvalue weighted by Crippen LogP contribution is 2.30. The van der Waals surface area contributed by atoms with Crippen LogP contribution < -0.4 is 5.32 Å². The highest BCUT2D eigenvalue weighted by Gasteiger charge is 2.13. The fourth-order valence-electron chi connectivity index (χ4n) is 1.15. The van der Waals surface area contributed by atoms with Crippen LogP contribution >= 0.6 is 22.9 Å². The second kappa shape index (κ2) is 4.16. The molecule has 0 aromatic carbocycles. The number of hydrogen-bond acceptors (Lipinski definition) is 5. The SMILES string of the molecule is CCNc1nnc(-c2nn(C)cc2Cl)s1. The normalized spacial score (nSPS) is 10.6. The molecule has 1 N–H and O–H groups in total. The molecule has 0 radical (unpaired) electrons. The highest BCUT2D eigenvalue weighted by molar-refractivity contribution is 7.18. The molecule has 0 spiro atoms. The van der Waals surface area contributed by atoms with E-state index in [0.29, 0.717) is 10.7 Å². The molecule has 2 aromatic heterocycles. The van der Waals surface area contributed by atoms with E-state index in [1.165, 1.54) is 11.3 Å². The third-order valence-corrected chi connectivity index (χ3v) is 2.90. The molecule has 2 rings (SSSR count). The molecular formula is C8H10ClN5S. The summed E-state index contributed by atoms with van der Waals surface area (Å²) in [7, 11) is 1.82. The van der Waals surface area contributed by atoms with Crippen molar-refractivity contribution in [2.75, 3.05) is 11.9 Å². The number of rotatable bonds is 3. The van der Waals surface area contributed by atoms with E-state index in [1.54, 1.807) is 10.9 Å². The van der Waals surface area contributed by atoms with Crippen molar-refractivity contribution in [1.82, 2.24) is 20.0 Å². The Morgan fingerprint density at radius 2 is 2.33 bits per heavy atom. The Labute approximate surface area is 96.1 Å². The van der Waals surface area contributed by atoms with Crippen molar-refractivity contribution in [1.29, 1.82) is 0 Å². The van der Waals surface area contributed by atoms with E-state index >= 15 is 0 Å². The molecule has 5 nitrogen and oxygen atoms in total. The third kappa shape index (κ3) is 2.10. The minimum absolute atomic E-state index is 0.594. The number of nitrogens with zero attached hydrogens (tertiary/aromatic N) is 4. The van der Waals surface area contributed by atoms with Gasteiger partial charge in [0.2, 0.25) is 5.13 Å². The minimum Gasteiger partial charge on any atom is -0.360 e. The van der Waals surface area contributed by atoms with Gasteiger partial charge in [0.1, 0.15) is 5.69 Å². The lowest BCUT2D eigenvalue weighted by Crippen LogP contribution is -1.94. The zero-order valence-electron chi connectivity index (χ0n) is 8.36. The summed E-state index contributed by atoms with van der Waals surface area (Å²) in [6.07, 6.45) is 1.74. The van der Waals surface area contributed by atoms with Gasteiger partial charge in [-0.05, 0) is 6.92 Å². The Morgan fingerprint density at radius 3 is 2.93 bits per heavy atom. The molecule has 80 valence electrons. The summed E-state index contributed by atoms with van der Waals surface area (Å²) >= 11 is 7.45. The van der Waals surface area contributed by atoms with Crippen molar-refractivity contribution in [3.8, 4) is 10.7 Å². The fraction of sp³-hybridized carbons (Fsp3) is 0.375. The minimum atomic E-state index is 0.594. The molecule has 0 fully saturated rings. The van der Waals surface area contributed by atoms with Crippen LogP contribution in [0, 0.1) is 0 Å². The first-order chi connectivity index (χ1) is 7.20. The quantitative estimate of drug-likeness (QED) is 0.896. The molecule has 0 saturated carbocycles. The molecule has 0 aliphatic heterocycles. The smallest absolute Gasteiger partial charge is 0.206 e. The zero-order chi connectivity index (χ0) is 10.8. The second-order valence-electron chi connectivity index (χ2n) is 2.94. The average Bonchev–Trinajstić information content (AvgIpc) is 2.73. The molecule has 0 atom stereocenters. The zero-order valence-corrected chi connectivity index (χ0v) is 9.93. The van der Waals surface area contributed by atoms with Crippen LogP contribution in [0.3, 0.4) is 0 Å². The number of aromatic nitrogens is 4. The first-order valence-electron chi connectivity index (χ1n) is 4.47. The van der Waals surface area contributed by atoms with Gasteiger partial charge in [-0.25, -0.2) is 0 Å². The monoisotopic (exact) mass is 243 g/mol. The molecule has 15 heavy (non-hydrogen) atoms. The molecule has 2 aromatic rings. The summed E-state index contributed by atoms with van der Waals surface area (Å²) in [6.45, 7) is 2.83. The van der Waals surface area contributed by atoms with Gasteiger partial charge in [0, 0.05) is 19.8 Å². The highest BCUT2D eigenvalue weighted by atomic mass is 35.5. The molecular weight excluding hydrogens is 234 g/mol. The van der Waals surface area contributed by atoms with Gasteiger partial charge in [0.15, 0.2) is 5.01 Å². The van der Waals surface area contributed by atoms with Crippen LogP contribution in [0.5, 0.6) is 0 Å². The van der Waals surface area contributed by atoms with Crippen LogP contribution in [-0.2, 0) is 7.05 Å². The lowest BCUT2D eigenvalue weighted by molar-refractivity contribution is 0.770. The molecule has 0 aliphatic rings. The van der Waals surface area contributed by atoms with Crippen molar-refractivity contribution in [3.05, 3.63) is 11.2 Å². The third-order valence-electron chi connectivity index (χ3n) is 1.74. The van der Waals surface area contributed by atoms with E-state index in [4.69, 9.17) is 11.6 Å². The van der Waals surface area contributed by atoms with Gasteiger partial charge in [-0.2, -0.15) is 5.10 Å².